The summed E-state index contributed by atoms with van der Waals surface area (Å²) in [6, 6.07) is 8.58. The van der Waals surface area contributed by atoms with E-state index < -0.39 is 0 Å². The number of ether oxygens (including phenoxy) is 2. The summed E-state index contributed by atoms with van der Waals surface area (Å²) < 4.78 is 11.9. The van der Waals surface area contributed by atoms with E-state index in [0.29, 0.717) is 44.8 Å². The van der Waals surface area contributed by atoms with Crippen molar-refractivity contribution >= 4 is 51.0 Å². The number of allylic oxidation sites excluding steroid dienone is 1. The number of fused-ring (bicyclic) bond motifs is 1. The molecule has 2 aromatic carbocycles. The molecule has 0 spiro atoms. The first-order valence-corrected chi connectivity index (χ1v) is 8.86. The van der Waals surface area contributed by atoms with Gasteiger partial charge in [0.25, 0.3) is 0 Å². The van der Waals surface area contributed by atoms with Gasteiger partial charge in [-0.1, -0.05) is 29.3 Å². The lowest BCUT2D eigenvalue weighted by Gasteiger charge is -2.10. The summed E-state index contributed by atoms with van der Waals surface area (Å²) in [5, 5.41) is 1.04. The SMILES string of the molecule is O=C(/C=C/c1ccc(Cl)cc1Cl)c1cc2c(cc1Br)OCCCO2. The Morgan fingerprint density at radius 3 is 2.50 bits per heavy atom. The van der Waals surface area contributed by atoms with Crippen LogP contribution < -0.4 is 9.47 Å². The third-order valence-electron chi connectivity index (χ3n) is 3.48. The maximum atomic E-state index is 12.5. The third-order valence-corrected chi connectivity index (χ3v) is 4.70. The predicted octanol–water partition coefficient (Wildman–Crippen LogP) is 5.81. The third kappa shape index (κ3) is 3.94. The average Bonchev–Trinajstić information content (AvgIpc) is 2.77. The number of hydrogen-bond donors (Lipinski definition) is 0. The van der Waals surface area contributed by atoms with Crippen LogP contribution in [0.1, 0.15) is 22.3 Å². The summed E-state index contributed by atoms with van der Waals surface area (Å²) >= 11 is 15.4. The average molecular weight is 428 g/mol. The van der Waals surface area contributed by atoms with Crippen LogP contribution >= 0.6 is 39.1 Å². The molecule has 0 atom stereocenters. The molecule has 3 rings (SSSR count). The second kappa shape index (κ2) is 7.60. The van der Waals surface area contributed by atoms with Gasteiger partial charge in [0.15, 0.2) is 17.3 Å². The molecule has 0 unspecified atom stereocenters. The molecule has 1 heterocycles. The minimum Gasteiger partial charge on any atom is -0.490 e. The zero-order valence-electron chi connectivity index (χ0n) is 12.5. The fraction of sp³-hybridized carbons (Fsp3) is 0.167. The molecule has 0 aromatic heterocycles. The highest BCUT2D eigenvalue weighted by atomic mass is 79.9. The van der Waals surface area contributed by atoms with Gasteiger partial charge in [0.2, 0.25) is 0 Å². The Labute approximate surface area is 158 Å². The Hall–Kier alpha value is -1.49. The molecule has 124 valence electrons. The van der Waals surface area contributed by atoms with E-state index in [9.17, 15) is 4.79 Å². The largest absolute Gasteiger partial charge is 0.490 e. The monoisotopic (exact) mass is 426 g/mol. The normalized spacial score (nSPS) is 13.8. The first kappa shape index (κ1) is 17.3. The minimum atomic E-state index is -0.163. The second-order valence-electron chi connectivity index (χ2n) is 5.19. The summed E-state index contributed by atoms with van der Waals surface area (Å²) in [6.45, 7) is 1.17. The molecule has 0 aliphatic carbocycles. The van der Waals surface area contributed by atoms with Crippen LogP contribution in [0.3, 0.4) is 0 Å². The van der Waals surface area contributed by atoms with Crippen molar-refractivity contribution < 1.29 is 14.3 Å². The highest BCUT2D eigenvalue weighted by Gasteiger charge is 2.16. The van der Waals surface area contributed by atoms with Crippen molar-refractivity contribution in [1.82, 2.24) is 0 Å². The van der Waals surface area contributed by atoms with E-state index in [-0.39, 0.29) is 5.78 Å². The van der Waals surface area contributed by atoms with E-state index in [0.717, 1.165) is 12.0 Å². The van der Waals surface area contributed by atoms with Gasteiger partial charge < -0.3 is 9.47 Å². The van der Waals surface area contributed by atoms with Crippen molar-refractivity contribution in [3.05, 3.63) is 62.1 Å². The van der Waals surface area contributed by atoms with Gasteiger partial charge in [-0.15, -0.1) is 0 Å². The quantitative estimate of drug-likeness (QED) is 0.457. The van der Waals surface area contributed by atoms with Crippen LogP contribution in [0.25, 0.3) is 6.08 Å². The van der Waals surface area contributed by atoms with Crippen molar-refractivity contribution in [3.8, 4) is 11.5 Å². The molecule has 6 heteroatoms. The number of benzene rings is 2. The molecule has 0 saturated carbocycles. The second-order valence-corrected chi connectivity index (χ2v) is 6.89. The molecule has 0 radical (unpaired) electrons. The summed E-state index contributed by atoms with van der Waals surface area (Å²) in [4.78, 5) is 12.5. The highest BCUT2D eigenvalue weighted by Crippen LogP contribution is 2.35. The Morgan fingerprint density at radius 2 is 1.79 bits per heavy atom. The van der Waals surface area contributed by atoms with Gasteiger partial charge in [0.1, 0.15) is 0 Å². The van der Waals surface area contributed by atoms with E-state index in [2.05, 4.69) is 15.9 Å². The van der Waals surface area contributed by atoms with Crippen molar-refractivity contribution in [1.29, 1.82) is 0 Å². The van der Waals surface area contributed by atoms with Gasteiger partial charge in [0, 0.05) is 26.5 Å². The molecular formula is C18H13BrCl2O3. The molecule has 0 amide bonds. The van der Waals surface area contributed by atoms with E-state index in [1.165, 1.54) is 6.08 Å². The maximum absolute atomic E-state index is 12.5. The first-order chi connectivity index (χ1) is 11.5. The van der Waals surface area contributed by atoms with E-state index in [1.54, 1.807) is 36.4 Å². The number of hydrogen-bond acceptors (Lipinski definition) is 3. The Morgan fingerprint density at radius 1 is 1.08 bits per heavy atom. The Kier molecular flexibility index (Phi) is 5.49. The van der Waals surface area contributed by atoms with Crippen molar-refractivity contribution in [2.24, 2.45) is 0 Å². The van der Waals surface area contributed by atoms with E-state index >= 15 is 0 Å². The summed E-state index contributed by atoms with van der Waals surface area (Å²) in [6.07, 6.45) is 3.94. The molecule has 0 bridgehead atoms. The fourth-order valence-corrected chi connectivity index (χ4v) is 3.25. The van der Waals surface area contributed by atoms with Crippen LogP contribution in [-0.4, -0.2) is 19.0 Å². The molecule has 0 fully saturated rings. The molecule has 0 saturated heterocycles. The van der Waals surface area contributed by atoms with E-state index in [1.807, 2.05) is 0 Å². The van der Waals surface area contributed by atoms with Gasteiger partial charge in [-0.2, -0.15) is 0 Å². The van der Waals surface area contributed by atoms with E-state index in [4.69, 9.17) is 32.7 Å². The predicted molar refractivity (Wildman–Crippen MR) is 99.6 cm³/mol. The number of halogens is 3. The van der Waals surface area contributed by atoms with Gasteiger partial charge in [-0.3, -0.25) is 4.79 Å². The lowest BCUT2D eigenvalue weighted by atomic mass is 10.1. The topological polar surface area (TPSA) is 35.5 Å². The van der Waals surface area contributed by atoms with Crippen molar-refractivity contribution in [2.45, 2.75) is 6.42 Å². The molecule has 24 heavy (non-hydrogen) atoms. The van der Waals surface area contributed by atoms with Gasteiger partial charge in [-0.05, 0) is 57.9 Å². The summed E-state index contributed by atoms with van der Waals surface area (Å²) in [5.41, 5.74) is 1.22. The zero-order chi connectivity index (χ0) is 17.1. The van der Waals surface area contributed by atoms with Crippen LogP contribution in [0.2, 0.25) is 10.0 Å². The van der Waals surface area contributed by atoms with Crippen LogP contribution in [0, 0.1) is 0 Å². The molecular weight excluding hydrogens is 415 g/mol. The summed E-state index contributed by atoms with van der Waals surface area (Å²) in [7, 11) is 0. The number of carbonyl (C=O) groups is 1. The summed E-state index contributed by atoms with van der Waals surface area (Å²) in [5.74, 6) is 1.06. The van der Waals surface area contributed by atoms with Gasteiger partial charge >= 0.3 is 0 Å². The van der Waals surface area contributed by atoms with Crippen LogP contribution in [0.15, 0.2) is 40.9 Å². The number of ketones is 1. The van der Waals surface area contributed by atoms with Gasteiger partial charge in [0.05, 0.1) is 13.2 Å². The molecule has 2 aromatic rings. The Balaban J connectivity index is 1.87. The fourth-order valence-electron chi connectivity index (χ4n) is 2.26. The Bertz CT molecular complexity index is 818. The van der Waals surface area contributed by atoms with Crippen molar-refractivity contribution in [2.75, 3.05) is 13.2 Å². The number of carbonyl (C=O) groups excluding carboxylic acids is 1. The highest BCUT2D eigenvalue weighted by molar-refractivity contribution is 9.10. The number of rotatable bonds is 3. The van der Waals surface area contributed by atoms with Crippen LogP contribution in [0.4, 0.5) is 0 Å². The zero-order valence-corrected chi connectivity index (χ0v) is 15.6. The van der Waals surface area contributed by atoms with Gasteiger partial charge in [-0.25, -0.2) is 0 Å². The van der Waals surface area contributed by atoms with Crippen LogP contribution in [-0.2, 0) is 0 Å². The molecule has 0 N–H and O–H groups in total. The standard InChI is InChI=1S/C18H13BrCl2O3/c19-14-10-18-17(23-6-1-7-24-18)9-13(14)16(22)5-3-11-2-4-12(20)8-15(11)21/h2-5,8-10H,1,6-7H2/b5-3+. The van der Waals surface area contributed by atoms with Crippen LogP contribution in [0.5, 0.6) is 11.5 Å². The first-order valence-electron chi connectivity index (χ1n) is 7.31. The molecule has 3 nitrogen and oxygen atoms in total. The van der Waals surface area contributed by atoms with Crippen molar-refractivity contribution in [3.63, 3.8) is 0 Å². The maximum Gasteiger partial charge on any atom is 0.187 e. The smallest absolute Gasteiger partial charge is 0.187 e. The lowest BCUT2D eigenvalue weighted by Crippen LogP contribution is -1.99. The molecule has 1 aliphatic rings. The minimum absolute atomic E-state index is 0.163. The lowest BCUT2D eigenvalue weighted by molar-refractivity contribution is 0.104. The molecule has 1 aliphatic heterocycles.